The molecule has 2 aromatic rings. The van der Waals surface area contributed by atoms with Gasteiger partial charge in [0.25, 0.3) is 0 Å². The summed E-state index contributed by atoms with van der Waals surface area (Å²) in [5.74, 6) is -0.197. The van der Waals surface area contributed by atoms with Crippen molar-refractivity contribution >= 4 is 34.0 Å². The smallest absolute Gasteiger partial charge is 0.123 e. The molecule has 0 saturated heterocycles. The van der Waals surface area contributed by atoms with E-state index in [0.717, 1.165) is 26.9 Å². The summed E-state index contributed by atoms with van der Waals surface area (Å²) in [6.45, 7) is 2.11. The van der Waals surface area contributed by atoms with Crippen LogP contribution < -0.4 is 11.1 Å². The Hall–Kier alpha value is -1.30. The molecule has 2 aromatic carbocycles. The fourth-order valence-corrected chi connectivity index (χ4v) is 2.63. The van der Waals surface area contributed by atoms with Gasteiger partial charge in [0.05, 0.1) is 0 Å². The number of benzene rings is 2. The van der Waals surface area contributed by atoms with Crippen molar-refractivity contribution in [3.63, 3.8) is 0 Å². The van der Waals surface area contributed by atoms with Gasteiger partial charge in [-0.3, -0.25) is 0 Å². The van der Waals surface area contributed by atoms with Crippen molar-refractivity contribution in [3.8, 4) is 0 Å². The Morgan fingerprint density at radius 2 is 1.89 bits per heavy atom. The molecule has 2 nitrogen and oxygen atoms in total. The molecule has 0 aliphatic heterocycles. The van der Waals surface area contributed by atoms with Crippen LogP contribution in [0.4, 0.5) is 15.8 Å². The Balaban J connectivity index is 2.01. The van der Waals surface area contributed by atoms with Gasteiger partial charge in [-0.1, -0.05) is 12.1 Å². The highest BCUT2D eigenvalue weighted by Gasteiger charge is 2.06. The van der Waals surface area contributed by atoms with Gasteiger partial charge in [-0.15, -0.1) is 0 Å². The van der Waals surface area contributed by atoms with E-state index in [0.29, 0.717) is 0 Å². The Morgan fingerprint density at radius 3 is 2.53 bits per heavy atom. The summed E-state index contributed by atoms with van der Waals surface area (Å²) in [7, 11) is 0. The van der Waals surface area contributed by atoms with E-state index in [4.69, 9.17) is 5.73 Å². The molecule has 1 unspecified atom stereocenters. The monoisotopic (exact) mass is 370 g/mol. The molecule has 19 heavy (non-hydrogen) atoms. The molecular weight excluding hydrogens is 354 g/mol. The fraction of sp³-hybridized carbons (Fsp3) is 0.200. The molecule has 3 N–H and O–H groups in total. The van der Waals surface area contributed by atoms with Crippen molar-refractivity contribution in [3.05, 3.63) is 57.4 Å². The number of nitrogen functional groups attached to an aromatic ring is 1. The van der Waals surface area contributed by atoms with E-state index in [1.54, 1.807) is 0 Å². The number of nitrogens with two attached hydrogens (primary N) is 1. The van der Waals surface area contributed by atoms with Gasteiger partial charge in [-0.25, -0.2) is 4.39 Å². The summed E-state index contributed by atoms with van der Waals surface area (Å²) in [6, 6.07) is 12.7. The molecule has 2 rings (SSSR count). The zero-order valence-electron chi connectivity index (χ0n) is 10.7. The highest BCUT2D eigenvalue weighted by atomic mass is 127. The third-order valence-corrected chi connectivity index (χ3v) is 3.74. The van der Waals surface area contributed by atoms with Gasteiger partial charge in [0.1, 0.15) is 5.82 Å². The SMILES string of the molecule is CC(Cc1ccc(F)cc1)Nc1ccc(N)cc1I. The largest absolute Gasteiger partial charge is 0.399 e. The molecule has 1 atom stereocenters. The van der Waals surface area contributed by atoms with Crippen LogP contribution in [0.3, 0.4) is 0 Å². The molecule has 0 fully saturated rings. The molecule has 100 valence electrons. The number of hydrogen-bond acceptors (Lipinski definition) is 2. The summed E-state index contributed by atoms with van der Waals surface area (Å²) in [5.41, 5.74) is 8.68. The van der Waals surface area contributed by atoms with Crippen LogP contribution in [0.1, 0.15) is 12.5 Å². The third-order valence-electron chi connectivity index (χ3n) is 2.85. The molecule has 0 aromatic heterocycles. The quantitative estimate of drug-likeness (QED) is 0.630. The van der Waals surface area contributed by atoms with Gasteiger partial charge in [0.2, 0.25) is 0 Å². The van der Waals surface area contributed by atoms with Crippen LogP contribution in [0.2, 0.25) is 0 Å². The third kappa shape index (κ3) is 4.09. The number of nitrogens with one attached hydrogen (secondary N) is 1. The molecule has 0 aliphatic rings. The minimum absolute atomic E-state index is 0.197. The average Bonchev–Trinajstić information content (AvgIpc) is 2.36. The van der Waals surface area contributed by atoms with Crippen LogP contribution in [0.5, 0.6) is 0 Å². The molecule has 0 spiro atoms. The summed E-state index contributed by atoms with van der Waals surface area (Å²) >= 11 is 2.26. The second kappa shape index (κ2) is 6.23. The van der Waals surface area contributed by atoms with Gasteiger partial charge in [-0.2, -0.15) is 0 Å². The van der Waals surface area contributed by atoms with Crippen LogP contribution in [0, 0.1) is 9.39 Å². The predicted molar refractivity (Wildman–Crippen MR) is 86.8 cm³/mol. The Kier molecular flexibility index (Phi) is 4.63. The summed E-state index contributed by atoms with van der Waals surface area (Å²) in [6.07, 6.45) is 0.848. The zero-order valence-corrected chi connectivity index (χ0v) is 12.8. The van der Waals surface area contributed by atoms with E-state index in [-0.39, 0.29) is 11.9 Å². The van der Waals surface area contributed by atoms with Crippen molar-refractivity contribution in [2.45, 2.75) is 19.4 Å². The summed E-state index contributed by atoms with van der Waals surface area (Å²) in [5, 5.41) is 3.44. The first-order valence-corrected chi connectivity index (χ1v) is 7.18. The van der Waals surface area contributed by atoms with E-state index >= 15 is 0 Å². The number of rotatable bonds is 4. The Bertz CT molecular complexity index is 555. The average molecular weight is 370 g/mol. The standard InChI is InChI=1S/C15H16FIN2/c1-10(8-11-2-4-12(16)5-3-11)19-15-7-6-13(18)9-14(15)17/h2-7,9-10,19H,8,18H2,1H3. The van der Waals surface area contributed by atoms with E-state index in [2.05, 4.69) is 34.8 Å². The van der Waals surface area contributed by atoms with Crippen LogP contribution in [-0.2, 0) is 6.42 Å². The number of anilines is 2. The van der Waals surface area contributed by atoms with Gasteiger partial charge >= 0.3 is 0 Å². The predicted octanol–water partition coefficient (Wildman–Crippen LogP) is 4.06. The van der Waals surface area contributed by atoms with Gasteiger partial charge in [0, 0.05) is 21.0 Å². The van der Waals surface area contributed by atoms with Crippen LogP contribution >= 0.6 is 22.6 Å². The van der Waals surface area contributed by atoms with Crippen molar-refractivity contribution < 1.29 is 4.39 Å². The van der Waals surface area contributed by atoms with E-state index in [1.807, 2.05) is 30.3 Å². The summed E-state index contributed by atoms with van der Waals surface area (Å²) < 4.78 is 13.9. The first kappa shape index (κ1) is 14.1. The topological polar surface area (TPSA) is 38.0 Å². The van der Waals surface area contributed by atoms with Crippen molar-refractivity contribution in [1.29, 1.82) is 0 Å². The molecule has 0 bridgehead atoms. The van der Waals surface area contributed by atoms with Crippen LogP contribution in [0.25, 0.3) is 0 Å². The van der Waals surface area contributed by atoms with E-state index in [9.17, 15) is 4.39 Å². The van der Waals surface area contributed by atoms with Gasteiger partial charge in [-0.05, 0) is 71.8 Å². The highest BCUT2D eigenvalue weighted by molar-refractivity contribution is 14.1. The molecule has 0 aliphatic carbocycles. The Labute approximate surface area is 126 Å². The highest BCUT2D eigenvalue weighted by Crippen LogP contribution is 2.22. The van der Waals surface area contributed by atoms with Crippen LogP contribution in [0.15, 0.2) is 42.5 Å². The normalized spacial score (nSPS) is 12.2. The first-order chi connectivity index (χ1) is 9.04. The Morgan fingerprint density at radius 1 is 1.21 bits per heavy atom. The van der Waals surface area contributed by atoms with Crippen molar-refractivity contribution in [2.75, 3.05) is 11.1 Å². The lowest BCUT2D eigenvalue weighted by molar-refractivity contribution is 0.626. The number of halogens is 2. The van der Waals surface area contributed by atoms with Gasteiger partial charge < -0.3 is 11.1 Å². The zero-order chi connectivity index (χ0) is 13.8. The first-order valence-electron chi connectivity index (χ1n) is 6.10. The van der Waals surface area contributed by atoms with E-state index < -0.39 is 0 Å². The maximum absolute atomic E-state index is 12.8. The maximum Gasteiger partial charge on any atom is 0.123 e. The minimum atomic E-state index is -0.197. The second-order valence-corrected chi connectivity index (χ2v) is 5.78. The van der Waals surface area contributed by atoms with Crippen molar-refractivity contribution in [2.24, 2.45) is 0 Å². The van der Waals surface area contributed by atoms with Crippen LogP contribution in [-0.4, -0.2) is 6.04 Å². The summed E-state index contributed by atoms with van der Waals surface area (Å²) in [4.78, 5) is 0. The van der Waals surface area contributed by atoms with E-state index in [1.165, 1.54) is 12.1 Å². The molecule has 0 heterocycles. The molecule has 0 amide bonds. The number of hydrogen-bond donors (Lipinski definition) is 2. The lowest BCUT2D eigenvalue weighted by Crippen LogP contribution is -2.18. The molecule has 0 saturated carbocycles. The minimum Gasteiger partial charge on any atom is -0.399 e. The maximum atomic E-state index is 12.8. The lowest BCUT2D eigenvalue weighted by Gasteiger charge is -2.17. The molecule has 0 radical (unpaired) electrons. The second-order valence-electron chi connectivity index (χ2n) is 4.62. The molecular formula is C15H16FIN2. The van der Waals surface area contributed by atoms with Crippen molar-refractivity contribution in [1.82, 2.24) is 0 Å². The lowest BCUT2D eigenvalue weighted by atomic mass is 10.1. The van der Waals surface area contributed by atoms with Gasteiger partial charge in [0.15, 0.2) is 0 Å². The fourth-order valence-electron chi connectivity index (χ4n) is 1.94. The molecule has 4 heteroatoms.